The van der Waals surface area contributed by atoms with E-state index in [2.05, 4.69) is 5.32 Å². The molecule has 2 aromatic carbocycles. The first-order chi connectivity index (χ1) is 12.3. The maximum absolute atomic E-state index is 12.3. The van der Waals surface area contributed by atoms with E-state index in [1.54, 1.807) is 69.6 Å². The van der Waals surface area contributed by atoms with Crippen molar-refractivity contribution in [3.05, 3.63) is 65.2 Å². The predicted molar refractivity (Wildman–Crippen MR) is 99.4 cm³/mol. The van der Waals surface area contributed by atoms with Gasteiger partial charge in [0.05, 0.1) is 5.92 Å². The van der Waals surface area contributed by atoms with Gasteiger partial charge in [-0.2, -0.15) is 0 Å². The monoisotopic (exact) mass is 354 g/mol. The zero-order valence-corrected chi connectivity index (χ0v) is 15.0. The highest BCUT2D eigenvalue weighted by molar-refractivity contribution is 6.05. The number of benzene rings is 2. The molecule has 0 saturated carbocycles. The Bertz CT molecular complexity index is 796. The van der Waals surface area contributed by atoms with Gasteiger partial charge in [-0.05, 0) is 48.4 Å². The Balaban J connectivity index is 2.01. The van der Waals surface area contributed by atoms with E-state index in [-0.39, 0.29) is 11.8 Å². The summed E-state index contributed by atoms with van der Waals surface area (Å²) in [4.78, 5) is 36.5. The van der Waals surface area contributed by atoms with E-state index in [0.29, 0.717) is 23.2 Å². The van der Waals surface area contributed by atoms with E-state index in [0.717, 1.165) is 5.56 Å². The molecule has 2 amide bonds. The standard InChI is InChI=1S/C20H22N2O4/c1-13(20(25)26)12-14-4-10-17(11-5-14)21-18(23)15-6-8-16(9-7-15)19(24)22(2)3/h4-11,13H,12H2,1-3H3,(H,21,23)(H,25,26). The first-order valence-electron chi connectivity index (χ1n) is 8.22. The number of carboxylic acids is 1. The summed E-state index contributed by atoms with van der Waals surface area (Å²) in [5.41, 5.74) is 2.48. The number of carbonyl (C=O) groups excluding carboxylic acids is 2. The number of hydrogen-bond donors (Lipinski definition) is 2. The van der Waals surface area contributed by atoms with Crippen LogP contribution in [-0.4, -0.2) is 41.9 Å². The van der Waals surface area contributed by atoms with Crippen LogP contribution in [0.2, 0.25) is 0 Å². The Morgan fingerprint density at radius 3 is 2.00 bits per heavy atom. The van der Waals surface area contributed by atoms with Crippen LogP contribution in [0.25, 0.3) is 0 Å². The van der Waals surface area contributed by atoms with Gasteiger partial charge in [0.2, 0.25) is 0 Å². The van der Waals surface area contributed by atoms with Gasteiger partial charge < -0.3 is 15.3 Å². The largest absolute Gasteiger partial charge is 0.481 e. The lowest BCUT2D eigenvalue weighted by Crippen LogP contribution is -2.21. The minimum Gasteiger partial charge on any atom is -0.481 e. The molecule has 0 aromatic heterocycles. The molecule has 2 rings (SSSR count). The van der Waals surface area contributed by atoms with E-state index in [4.69, 9.17) is 5.11 Å². The maximum atomic E-state index is 12.3. The second-order valence-corrected chi connectivity index (χ2v) is 6.37. The quantitative estimate of drug-likeness (QED) is 0.835. The molecule has 0 heterocycles. The minimum absolute atomic E-state index is 0.122. The number of rotatable bonds is 6. The average Bonchev–Trinajstić information content (AvgIpc) is 2.62. The summed E-state index contributed by atoms with van der Waals surface area (Å²) in [6.07, 6.45) is 0.435. The Kier molecular flexibility index (Phi) is 6.11. The lowest BCUT2D eigenvalue weighted by molar-refractivity contribution is -0.141. The Labute approximate surface area is 152 Å². The van der Waals surface area contributed by atoms with Gasteiger partial charge in [0.25, 0.3) is 11.8 Å². The SMILES string of the molecule is CC(Cc1ccc(NC(=O)c2ccc(C(=O)N(C)C)cc2)cc1)C(=O)O. The van der Waals surface area contributed by atoms with Crippen molar-refractivity contribution in [2.24, 2.45) is 5.92 Å². The van der Waals surface area contributed by atoms with Gasteiger partial charge in [-0.25, -0.2) is 0 Å². The molecule has 0 bridgehead atoms. The van der Waals surface area contributed by atoms with Crippen LogP contribution in [-0.2, 0) is 11.2 Å². The predicted octanol–water partition coefficient (Wildman–Crippen LogP) is 2.90. The molecule has 26 heavy (non-hydrogen) atoms. The molecule has 6 heteroatoms. The number of aliphatic carboxylic acids is 1. The number of nitrogens with one attached hydrogen (secondary N) is 1. The molecule has 136 valence electrons. The van der Waals surface area contributed by atoms with Crippen molar-refractivity contribution >= 4 is 23.5 Å². The lowest BCUT2D eigenvalue weighted by Gasteiger charge is -2.11. The van der Waals surface area contributed by atoms with Crippen LogP contribution in [0.3, 0.4) is 0 Å². The number of hydrogen-bond acceptors (Lipinski definition) is 3. The third-order valence-electron chi connectivity index (χ3n) is 3.98. The summed E-state index contributed by atoms with van der Waals surface area (Å²) in [5.74, 6) is -1.69. The van der Waals surface area contributed by atoms with E-state index in [1.807, 2.05) is 0 Å². The Hall–Kier alpha value is -3.15. The smallest absolute Gasteiger partial charge is 0.306 e. The molecule has 6 nitrogen and oxygen atoms in total. The highest BCUT2D eigenvalue weighted by atomic mass is 16.4. The second-order valence-electron chi connectivity index (χ2n) is 6.37. The lowest BCUT2D eigenvalue weighted by atomic mass is 10.0. The summed E-state index contributed by atoms with van der Waals surface area (Å²) in [6, 6.07) is 13.5. The normalized spacial score (nSPS) is 11.5. The highest BCUT2D eigenvalue weighted by Crippen LogP contribution is 2.15. The number of carboxylic acid groups (broad SMARTS) is 1. The summed E-state index contributed by atoms with van der Waals surface area (Å²) < 4.78 is 0. The molecule has 0 aliphatic heterocycles. The zero-order valence-electron chi connectivity index (χ0n) is 15.0. The van der Waals surface area contributed by atoms with Crippen molar-refractivity contribution in [3.8, 4) is 0 Å². The third-order valence-corrected chi connectivity index (χ3v) is 3.98. The fourth-order valence-corrected chi connectivity index (χ4v) is 2.39. The molecular formula is C20H22N2O4. The van der Waals surface area contributed by atoms with Crippen molar-refractivity contribution in [1.29, 1.82) is 0 Å². The average molecular weight is 354 g/mol. The molecule has 2 aromatic rings. The molecule has 2 N–H and O–H groups in total. The van der Waals surface area contributed by atoms with Crippen LogP contribution in [0.5, 0.6) is 0 Å². The summed E-state index contributed by atoms with van der Waals surface area (Å²) in [6.45, 7) is 1.66. The maximum Gasteiger partial charge on any atom is 0.306 e. The first-order valence-corrected chi connectivity index (χ1v) is 8.22. The first kappa shape index (κ1) is 19.2. The number of amides is 2. The van der Waals surface area contributed by atoms with Crippen LogP contribution in [0.4, 0.5) is 5.69 Å². The summed E-state index contributed by atoms with van der Waals surface area (Å²) in [5, 5.41) is 11.7. The number of carbonyl (C=O) groups is 3. The number of nitrogens with zero attached hydrogens (tertiary/aromatic N) is 1. The molecule has 0 aliphatic rings. The van der Waals surface area contributed by atoms with Crippen molar-refractivity contribution in [1.82, 2.24) is 4.90 Å². The van der Waals surface area contributed by atoms with E-state index >= 15 is 0 Å². The van der Waals surface area contributed by atoms with Gasteiger partial charge in [-0.3, -0.25) is 14.4 Å². The third kappa shape index (κ3) is 4.92. The summed E-state index contributed by atoms with van der Waals surface area (Å²) >= 11 is 0. The van der Waals surface area contributed by atoms with Crippen molar-refractivity contribution in [3.63, 3.8) is 0 Å². The van der Waals surface area contributed by atoms with Crippen LogP contribution in [0.15, 0.2) is 48.5 Å². The Morgan fingerprint density at radius 2 is 1.50 bits per heavy atom. The van der Waals surface area contributed by atoms with Crippen molar-refractivity contribution in [2.75, 3.05) is 19.4 Å². The molecule has 0 aliphatic carbocycles. The molecule has 1 atom stereocenters. The van der Waals surface area contributed by atoms with Crippen LogP contribution in [0, 0.1) is 5.92 Å². The van der Waals surface area contributed by atoms with E-state index in [9.17, 15) is 14.4 Å². The van der Waals surface area contributed by atoms with Gasteiger partial charge in [0.15, 0.2) is 0 Å². The van der Waals surface area contributed by atoms with Gasteiger partial charge in [0.1, 0.15) is 0 Å². The number of anilines is 1. The van der Waals surface area contributed by atoms with Gasteiger partial charge in [-0.1, -0.05) is 19.1 Å². The van der Waals surface area contributed by atoms with Crippen molar-refractivity contribution < 1.29 is 19.5 Å². The molecular weight excluding hydrogens is 332 g/mol. The zero-order chi connectivity index (χ0) is 19.3. The minimum atomic E-state index is -0.835. The van der Waals surface area contributed by atoms with Gasteiger partial charge in [0, 0.05) is 30.9 Å². The van der Waals surface area contributed by atoms with Crippen molar-refractivity contribution in [2.45, 2.75) is 13.3 Å². The molecule has 1 unspecified atom stereocenters. The van der Waals surface area contributed by atoms with Crippen LogP contribution >= 0.6 is 0 Å². The molecule has 0 radical (unpaired) electrons. The van der Waals surface area contributed by atoms with Crippen LogP contribution < -0.4 is 5.32 Å². The van der Waals surface area contributed by atoms with Crippen LogP contribution in [0.1, 0.15) is 33.2 Å². The second kappa shape index (κ2) is 8.29. The summed E-state index contributed by atoms with van der Waals surface area (Å²) in [7, 11) is 3.34. The van der Waals surface area contributed by atoms with E-state index in [1.165, 1.54) is 4.90 Å². The fraction of sp³-hybridized carbons (Fsp3) is 0.250. The fourth-order valence-electron chi connectivity index (χ4n) is 2.39. The molecule has 0 fully saturated rings. The van der Waals surface area contributed by atoms with Gasteiger partial charge in [-0.15, -0.1) is 0 Å². The van der Waals surface area contributed by atoms with E-state index < -0.39 is 11.9 Å². The Morgan fingerprint density at radius 1 is 0.962 bits per heavy atom. The topological polar surface area (TPSA) is 86.7 Å². The molecule has 0 spiro atoms. The molecule has 0 saturated heterocycles. The highest BCUT2D eigenvalue weighted by Gasteiger charge is 2.12. The van der Waals surface area contributed by atoms with Gasteiger partial charge >= 0.3 is 5.97 Å².